The first kappa shape index (κ1) is 16.1. The Balaban J connectivity index is 1.86. The summed E-state index contributed by atoms with van der Waals surface area (Å²) in [6, 6.07) is 0.438. The van der Waals surface area contributed by atoms with Gasteiger partial charge in [-0.2, -0.15) is 11.8 Å². The van der Waals surface area contributed by atoms with E-state index in [1.54, 1.807) is 0 Å². The summed E-state index contributed by atoms with van der Waals surface area (Å²) in [5.74, 6) is 0.599. The second-order valence-corrected chi connectivity index (χ2v) is 7.81. The van der Waals surface area contributed by atoms with E-state index in [0.717, 1.165) is 50.7 Å². The predicted octanol–water partition coefficient (Wildman–Crippen LogP) is 2.26. The number of hydrogen-bond acceptors (Lipinski definition) is 4. The molecule has 0 spiro atoms. The Morgan fingerprint density at radius 1 is 1.45 bits per heavy atom. The van der Waals surface area contributed by atoms with E-state index in [-0.39, 0.29) is 12.5 Å². The molecule has 0 aromatic heterocycles. The van der Waals surface area contributed by atoms with Gasteiger partial charge in [0, 0.05) is 17.9 Å². The van der Waals surface area contributed by atoms with Gasteiger partial charge in [0.15, 0.2) is 0 Å². The predicted molar refractivity (Wildman–Crippen MR) is 82.1 cm³/mol. The van der Waals surface area contributed by atoms with Crippen molar-refractivity contribution in [2.45, 2.75) is 68.7 Å². The first-order valence-corrected chi connectivity index (χ1v) is 8.87. The van der Waals surface area contributed by atoms with E-state index in [4.69, 9.17) is 5.11 Å². The van der Waals surface area contributed by atoms with Gasteiger partial charge in [0.2, 0.25) is 0 Å². The van der Waals surface area contributed by atoms with E-state index >= 15 is 0 Å². The minimum Gasteiger partial charge on any atom is -0.480 e. The molecule has 2 aliphatic rings. The molecule has 3 N–H and O–H groups in total. The fourth-order valence-electron chi connectivity index (χ4n) is 3.27. The summed E-state index contributed by atoms with van der Waals surface area (Å²) in [4.78, 5) is 11.8. The molecule has 0 aliphatic heterocycles. The lowest BCUT2D eigenvalue weighted by molar-refractivity contribution is -0.146. The van der Waals surface area contributed by atoms with E-state index in [0.29, 0.717) is 11.3 Å². The number of carboxylic acids is 1. The van der Waals surface area contributed by atoms with E-state index < -0.39 is 11.5 Å². The highest BCUT2D eigenvalue weighted by molar-refractivity contribution is 7.99. The number of aliphatic hydroxyl groups is 1. The van der Waals surface area contributed by atoms with Crippen molar-refractivity contribution in [3.05, 3.63) is 0 Å². The summed E-state index contributed by atoms with van der Waals surface area (Å²) in [7, 11) is 0. The molecule has 0 saturated heterocycles. The van der Waals surface area contributed by atoms with Crippen LogP contribution in [0.4, 0.5) is 0 Å². The van der Waals surface area contributed by atoms with Gasteiger partial charge in [-0.05, 0) is 50.2 Å². The van der Waals surface area contributed by atoms with Crippen LogP contribution >= 0.6 is 11.8 Å². The molecule has 116 valence electrons. The molecular weight excluding hydrogens is 274 g/mol. The van der Waals surface area contributed by atoms with E-state index in [9.17, 15) is 9.90 Å². The quantitative estimate of drug-likeness (QED) is 0.609. The summed E-state index contributed by atoms with van der Waals surface area (Å²) < 4.78 is 0. The summed E-state index contributed by atoms with van der Waals surface area (Å²) in [5.41, 5.74) is -0.665. The van der Waals surface area contributed by atoms with Crippen molar-refractivity contribution in [2.24, 2.45) is 5.92 Å². The summed E-state index contributed by atoms with van der Waals surface area (Å²) >= 11 is 1.85. The van der Waals surface area contributed by atoms with Crippen LogP contribution in [0, 0.1) is 5.92 Å². The Hall–Kier alpha value is -0.260. The van der Waals surface area contributed by atoms with Crippen molar-refractivity contribution in [2.75, 3.05) is 12.4 Å². The van der Waals surface area contributed by atoms with Crippen molar-refractivity contribution in [1.82, 2.24) is 5.32 Å². The lowest BCUT2D eigenvalue weighted by Gasteiger charge is -2.33. The Bertz CT molecular complexity index is 335. The fourth-order valence-corrected chi connectivity index (χ4v) is 4.37. The van der Waals surface area contributed by atoms with Gasteiger partial charge in [0.1, 0.15) is 5.54 Å². The van der Waals surface area contributed by atoms with Gasteiger partial charge in [-0.25, -0.2) is 0 Å². The van der Waals surface area contributed by atoms with Crippen LogP contribution in [0.2, 0.25) is 0 Å². The highest BCUT2D eigenvalue weighted by Gasteiger charge is 2.50. The van der Waals surface area contributed by atoms with Crippen LogP contribution in [0.3, 0.4) is 0 Å². The molecule has 0 radical (unpaired) electrons. The Kier molecular flexibility index (Phi) is 5.75. The molecule has 20 heavy (non-hydrogen) atoms. The van der Waals surface area contributed by atoms with Crippen LogP contribution in [-0.2, 0) is 4.79 Å². The highest BCUT2D eigenvalue weighted by atomic mass is 32.2. The first-order valence-electron chi connectivity index (χ1n) is 7.82. The van der Waals surface area contributed by atoms with Crippen LogP contribution in [0.1, 0.15) is 51.9 Å². The molecule has 0 heterocycles. The minimum atomic E-state index is -0.665. The van der Waals surface area contributed by atoms with Crippen molar-refractivity contribution in [3.63, 3.8) is 0 Å². The maximum Gasteiger partial charge on any atom is 0.324 e. The maximum atomic E-state index is 11.8. The largest absolute Gasteiger partial charge is 0.480 e. The SMILES string of the molecule is CC(CCO)SCCC1CCCC1(NC1CC1)C(=O)O. The van der Waals surface area contributed by atoms with E-state index in [2.05, 4.69) is 12.2 Å². The Morgan fingerprint density at radius 3 is 2.80 bits per heavy atom. The smallest absolute Gasteiger partial charge is 0.324 e. The van der Waals surface area contributed by atoms with Gasteiger partial charge in [-0.1, -0.05) is 13.3 Å². The second-order valence-electron chi connectivity index (χ2n) is 6.27. The molecule has 4 nitrogen and oxygen atoms in total. The Labute approximate surface area is 125 Å². The van der Waals surface area contributed by atoms with E-state index in [1.807, 2.05) is 11.8 Å². The first-order chi connectivity index (χ1) is 9.58. The number of aliphatic hydroxyl groups excluding tert-OH is 1. The molecule has 0 amide bonds. The number of thioether (sulfide) groups is 1. The van der Waals surface area contributed by atoms with Crippen molar-refractivity contribution in [1.29, 1.82) is 0 Å². The zero-order valence-electron chi connectivity index (χ0n) is 12.3. The third-order valence-corrected chi connectivity index (χ3v) is 5.92. The van der Waals surface area contributed by atoms with Crippen molar-refractivity contribution < 1.29 is 15.0 Å². The van der Waals surface area contributed by atoms with Crippen LogP contribution in [0.15, 0.2) is 0 Å². The monoisotopic (exact) mass is 301 g/mol. The molecule has 3 atom stereocenters. The molecule has 2 rings (SSSR count). The molecule has 2 saturated carbocycles. The van der Waals surface area contributed by atoms with Crippen molar-refractivity contribution >= 4 is 17.7 Å². The van der Waals surface area contributed by atoms with Gasteiger partial charge in [0.25, 0.3) is 0 Å². The fraction of sp³-hybridized carbons (Fsp3) is 0.933. The van der Waals surface area contributed by atoms with Gasteiger partial charge in [-0.3, -0.25) is 10.1 Å². The van der Waals surface area contributed by atoms with Crippen molar-refractivity contribution in [3.8, 4) is 0 Å². The Morgan fingerprint density at radius 2 is 2.20 bits per heavy atom. The molecule has 0 aromatic rings. The van der Waals surface area contributed by atoms with Gasteiger partial charge in [0.05, 0.1) is 0 Å². The summed E-state index contributed by atoms with van der Waals surface area (Å²) in [6.45, 7) is 2.36. The molecular formula is C15H27NO3S. The average Bonchev–Trinajstić information content (AvgIpc) is 3.10. The summed E-state index contributed by atoms with van der Waals surface area (Å²) in [5, 5.41) is 22.5. The number of nitrogens with one attached hydrogen (secondary N) is 1. The van der Waals surface area contributed by atoms with Crippen LogP contribution in [0.25, 0.3) is 0 Å². The maximum absolute atomic E-state index is 11.8. The van der Waals surface area contributed by atoms with Gasteiger partial charge >= 0.3 is 5.97 Å². The third kappa shape index (κ3) is 3.89. The summed E-state index contributed by atoms with van der Waals surface area (Å²) in [6.07, 6.45) is 6.87. The zero-order valence-corrected chi connectivity index (χ0v) is 13.1. The topological polar surface area (TPSA) is 69.6 Å². The minimum absolute atomic E-state index is 0.236. The normalized spacial score (nSPS) is 31.4. The molecule has 0 aromatic carbocycles. The van der Waals surface area contributed by atoms with Crippen LogP contribution in [-0.4, -0.2) is 45.4 Å². The van der Waals surface area contributed by atoms with Gasteiger partial charge < -0.3 is 10.2 Å². The number of carbonyl (C=O) groups is 1. The zero-order chi connectivity index (χ0) is 14.6. The number of hydrogen-bond donors (Lipinski definition) is 3. The van der Waals surface area contributed by atoms with Gasteiger partial charge in [-0.15, -0.1) is 0 Å². The third-order valence-electron chi connectivity index (χ3n) is 4.65. The molecule has 0 bridgehead atoms. The molecule has 3 unspecified atom stereocenters. The average molecular weight is 301 g/mol. The number of aliphatic carboxylic acids is 1. The second kappa shape index (κ2) is 7.14. The lowest BCUT2D eigenvalue weighted by atomic mass is 9.85. The van der Waals surface area contributed by atoms with Crippen LogP contribution in [0.5, 0.6) is 0 Å². The highest BCUT2D eigenvalue weighted by Crippen LogP contribution is 2.41. The lowest BCUT2D eigenvalue weighted by Crippen LogP contribution is -2.55. The molecule has 2 aliphatic carbocycles. The molecule has 5 heteroatoms. The number of carboxylic acid groups (broad SMARTS) is 1. The van der Waals surface area contributed by atoms with E-state index in [1.165, 1.54) is 0 Å². The standard InChI is InChI=1S/C15H27NO3S/c1-11(6-9-17)20-10-7-12-3-2-8-15(12,14(18)19)16-13-4-5-13/h11-13,16-17H,2-10H2,1H3,(H,18,19). The number of rotatable bonds is 9. The molecule has 2 fully saturated rings. The van der Waals surface area contributed by atoms with Crippen LogP contribution < -0.4 is 5.32 Å².